The lowest BCUT2D eigenvalue weighted by Crippen LogP contribution is -2.49. The average Bonchev–Trinajstić information content (AvgIpc) is 2.80. The van der Waals surface area contributed by atoms with Crippen molar-refractivity contribution in [2.75, 3.05) is 23.7 Å². The first-order valence-electron chi connectivity index (χ1n) is 12.6. The zero-order chi connectivity index (χ0) is 26.9. The van der Waals surface area contributed by atoms with Crippen LogP contribution in [0.1, 0.15) is 56.7 Å². The number of aryl methyl sites for hydroxylation is 2. The van der Waals surface area contributed by atoms with E-state index in [-0.39, 0.29) is 24.8 Å². The van der Waals surface area contributed by atoms with Crippen molar-refractivity contribution >= 4 is 27.5 Å². The normalized spacial score (nSPS) is 12.3. The quantitative estimate of drug-likeness (QED) is 0.428. The molecule has 0 aliphatic carbocycles. The third kappa shape index (κ3) is 8.97. The summed E-state index contributed by atoms with van der Waals surface area (Å²) in [5.41, 5.74) is 3.61. The van der Waals surface area contributed by atoms with E-state index < -0.39 is 16.1 Å². The van der Waals surface area contributed by atoms with E-state index in [1.54, 1.807) is 11.0 Å². The van der Waals surface area contributed by atoms with E-state index in [9.17, 15) is 18.0 Å². The van der Waals surface area contributed by atoms with Crippen LogP contribution in [0.4, 0.5) is 5.69 Å². The van der Waals surface area contributed by atoms with Gasteiger partial charge in [-0.25, -0.2) is 8.42 Å². The predicted molar refractivity (Wildman–Crippen MR) is 146 cm³/mol. The number of sulfonamides is 1. The van der Waals surface area contributed by atoms with Gasteiger partial charge in [-0.15, -0.1) is 0 Å². The molecule has 36 heavy (non-hydrogen) atoms. The van der Waals surface area contributed by atoms with Crippen molar-refractivity contribution in [2.24, 2.45) is 5.92 Å². The Kier molecular flexibility index (Phi) is 11.0. The second kappa shape index (κ2) is 13.4. The maximum atomic E-state index is 13.5. The molecular weight excluding hydrogens is 474 g/mol. The highest BCUT2D eigenvalue weighted by atomic mass is 32.2. The maximum absolute atomic E-state index is 13.5. The van der Waals surface area contributed by atoms with Gasteiger partial charge in [-0.1, -0.05) is 62.7 Å². The van der Waals surface area contributed by atoms with Crippen LogP contribution in [0.15, 0.2) is 48.5 Å². The fraction of sp³-hybridized carbons (Fsp3) is 0.500. The molecule has 0 unspecified atom stereocenters. The molecule has 2 rings (SSSR count). The van der Waals surface area contributed by atoms with Crippen LogP contribution in [0.3, 0.4) is 0 Å². The standard InChI is InChI=1S/C28H41N3O4S/c1-7-26(28(33)29-19-21(2)3)30(20-24-15-13-22(4)14-16-24)27(32)12-9-17-31(36(6,34)35)25-11-8-10-23(5)18-25/h8,10-11,13-16,18,21,26H,7,9,12,17,19-20H2,1-6H3,(H,29,33)/t26-/m0/s1. The lowest BCUT2D eigenvalue weighted by Gasteiger charge is -2.31. The van der Waals surface area contributed by atoms with Gasteiger partial charge in [0.25, 0.3) is 0 Å². The van der Waals surface area contributed by atoms with Crippen molar-refractivity contribution in [1.29, 1.82) is 0 Å². The Balaban J connectivity index is 2.20. The molecule has 0 heterocycles. The van der Waals surface area contributed by atoms with E-state index in [0.717, 1.165) is 16.7 Å². The Labute approximate surface area is 216 Å². The topological polar surface area (TPSA) is 86.8 Å². The molecule has 2 amide bonds. The molecule has 0 aromatic heterocycles. The second-order valence-corrected chi connectivity index (χ2v) is 11.8. The van der Waals surface area contributed by atoms with Crippen molar-refractivity contribution < 1.29 is 18.0 Å². The van der Waals surface area contributed by atoms with Gasteiger partial charge in [0.05, 0.1) is 11.9 Å². The fourth-order valence-electron chi connectivity index (χ4n) is 4.02. The van der Waals surface area contributed by atoms with Crippen molar-refractivity contribution in [3.8, 4) is 0 Å². The molecule has 0 fully saturated rings. The summed E-state index contributed by atoms with van der Waals surface area (Å²) in [6, 6.07) is 14.6. The highest BCUT2D eigenvalue weighted by molar-refractivity contribution is 7.92. The number of amides is 2. The molecule has 0 bridgehead atoms. The smallest absolute Gasteiger partial charge is 0.242 e. The monoisotopic (exact) mass is 515 g/mol. The summed E-state index contributed by atoms with van der Waals surface area (Å²) in [7, 11) is -3.51. The summed E-state index contributed by atoms with van der Waals surface area (Å²) < 4.78 is 26.3. The number of carbonyl (C=O) groups is 2. The predicted octanol–water partition coefficient (Wildman–Crippen LogP) is 4.43. The molecule has 1 atom stereocenters. The third-order valence-corrected chi connectivity index (χ3v) is 7.18. The number of rotatable bonds is 13. The molecule has 0 saturated heterocycles. The van der Waals surface area contributed by atoms with Crippen LogP contribution in [0.25, 0.3) is 0 Å². The SMILES string of the molecule is CC[C@@H](C(=O)NCC(C)C)N(Cc1ccc(C)cc1)C(=O)CCCN(c1cccc(C)c1)S(C)(=O)=O. The van der Waals surface area contributed by atoms with Gasteiger partial charge in [-0.2, -0.15) is 0 Å². The highest BCUT2D eigenvalue weighted by Crippen LogP contribution is 2.21. The molecule has 2 aromatic rings. The Morgan fingerprint density at radius 3 is 2.22 bits per heavy atom. The van der Waals surface area contributed by atoms with Crippen molar-refractivity contribution in [3.05, 3.63) is 65.2 Å². The van der Waals surface area contributed by atoms with Crippen LogP contribution in [-0.4, -0.2) is 50.5 Å². The Morgan fingerprint density at radius 2 is 1.67 bits per heavy atom. The Hall–Kier alpha value is -2.87. The van der Waals surface area contributed by atoms with Gasteiger partial charge in [0.1, 0.15) is 6.04 Å². The summed E-state index contributed by atoms with van der Waals surface area (Å²) in [4.78, 5) is 28.1. The molecule has 198 valence electrons. The van der Waals surface area contributed by atoms with E-state index in [1.165, 1.54) is 10.6 Å². The van der Waals surface area contributed by atoms with Gasteiger partial charge < -0.3 is 10.2 Å². The second-order valence-electron chi connectivity index (χ2n) is 9.85. The van der Waals surface area contributed by atoms with Crippen molar-refractivity contribution in [1.82, 2.24) is 10.2 Å². The van der Waals surface area contributed by atoms with Crippen LogP contribution in [0, 0.1) is 19.8 Å². The molecule has 1 N–H and O–H groups in total. The molecule has 2 aromatic carbocycles. The minimum Gasteiger partial charge on any atom is -0.354 e. The van der Waals surface area contributed by atoms with Crippen LogP contribution < -0.4 is 9.62 Å². The average molecular weight is 516 g/mol. The number of hydrogen-bond acceptors (Lipinski definition) is 4. The molecule has 0 radical (unpaired) electrons. The number of nitrogens with one attached hydrogen (secondary N) is 1. The zero-order valence-electron chi connectivity index (χ0n) is 22.5. The highest BCUT2D eigenvalue weighted by Gasteiger charge is 2.29. The summed E-state index contributed by atoms with van der Waals surface area (Å²) in [6.07, 6.45) is 2.14. The number of hydrogen-bond donors (Lipinski definition) is 1. The number of carbonyl (C=O) groups excluding carboxylic acids is 2. The minimum atomic E-state index is -3.51. The Morgan fingerprint density at radius 1 is 1.00 bits per heavy atom. The third-order valence-electron chi connectivity index (χ3n) is 5.99. The zero-order valence-corrected chi connectivity index (χ0v) is 23.3. The molecule has 0 aliphatic heterocycles. The van der Waals surface area contributed by atoms with Gasteiger partial charge in [0, 0.05) is 26.1 Å². The van der Waals surface area contributed by atoms with E-state index in [4.69, 9.17) is 0 Å². The van der Waals surface area contributed by atoms with E-state index >= 15 is 0 Å². The van der Waals surface area contributed by atoms with Gasteiger partial charge >= 0.3 is 0 Å². The first-order valence-corrected chi connectivity index (χ1v) is 14.4. The van der Waals surface area contributed by atoms with Gasteiger partial charge in [0.15, 0.2) is 0 Å². The molecule has 0 saturated carbocycles. The van der Waals surface area contributed by atoms with Crippen LogP contribution in [0.5, 0.6) is 0 Å². The Bertz CT molecular complexity index is 1110. The van der Waals surface area contributed by atoms with Crippen LogP contribution >= 0.6 is 0 Å². The van der Waals surface area contributed by atoms with Gasteiger partial charge in [0.2, 0.25) is 21.8 Å². The number of anilines is 1. The maximum Gasteiger partial charge on any atom is 0.242 e. The van der Waals surface area contributed by atoms with Crippen LogP contribution in [-0.2, 0) is 26.2 Å². The van der Waals surface area contributed by atoms with Crippen molar-refractivity contribution in [3.63, 3.8) is 0 Å². The van der Waals surface area contributed by atoms with Gasteiger partial charge in [-0.3, -0.25) is 13.9 Å². The number of benzene rings is 2. The minimum absolute atomic E-state index is 0.137. The van der Waals surface area contributed by atoms with E-state index in [0.29, 0.717) is 37.5 Å². The van der Waals surface area contributed by atoms with Crippen LogP contribution in [0.2, 0.25) is 0 Å². The van der Waals surface area contributed by atoms with Gasteiger partial charge in [-0.05, 0) is 55.9 Å². The summed E-state index contributed by atoms with van der Waals surface area (Å²) >= 11 is 0. The van der Waals surface area contributed by atoms with E-state index in [1.807, 2.05) is 77.1 Å². The molecule has 0 spiro atoms. The lowest BCUT2D eigenvalue weighted by molar-refractivity contribution is -0.141. The summed E-state index contributed by atoms with van der Waals surface area (Å²) in [5, 5.41) is 2.96. The summed E-state index contributed by atoms with van der Waals surface area (Å²) in [6.45, 7) is 10.9. The lowest BCUT2D eigenvalue weighted by atomic mass is 10.1. The first kappa shape index (κ1) is 29.4. The largest absolute Gasteiger partial charge is 0.354 e. The van der Waals surface area contributed by atoms with Crippen molar-refractivity contribution in [2.45, 2.75) is 66.5 Å². The molecule has 8 heteroatoms. The fourth-order valence-corrected chi connectivity index (χ4v) is 4.98. The van der Waals surface area contributed by atoms with E-state index in [2.05, 4.69) is 5.32 Å². The summed E-state index contributed by atoms with van der Waals surface area (Å²) in [5.74, 6) is -0.0275. The molecule has 0 aliphatic rings. The molecular formula is C28H41N3O4S. The molecule has 7 nitrogen and oxygen atoms in total. The number of nitrogens with zero attached hydrogens (tertiary/aromatic N) is 2. The first-order chi connectivity index (χ1) is 16.9.